The third-order valence-electron chi connectivity index (χ3n) is 5.07. The number of fused-ring (bicyclic) bond motifs is 2. The van der Waals surface area contributed by atoms with E-state index in [2.05, 4.69) is 70.0 Å². The number of amides is 1. The van der Waals surface area contributed by atoms with E-state index in [4.69, 9.17) is 5.73 Å². The average molecular weight is 339 g/mol. The van der Waals surface area contributed by atoms with Gasteiger partial charge in [-0.1, -0.05) is 58.9 Å². The van der Waals surface area contributed by atoms with Crippen molar-refractivity contribution in [1.82, 2.24) is 4.90 Å². The fraction of sp³-hybridized carbons (Fsp3) is 0.524. The number of nitrogens with two attached hydrogens (primary N) is 1. The molecule has 0 aromatic heterocycles. The van der Waals surface area contributed by atoms with Gasteiger partial charge in [0, 0.05) is 7.05 Å². The normalized spacial score (nSPS) is 25.6. The highest BCUT2D eigenvalue weighted by molar-refractivity contribution is 6.07. The number of aliphatic imine (C=N–C) groups is 1. The van der Waals surface area contributed by atoms with E-state index in [1.807, 2.05) is 0 Å². The molecule has 1 aliphatic carbocycles. The second kappa shape index (κ2) is 5.45. The van der Waals surface area contributed by atoms with Gasteiger partial charge in [-0.2, -0.15) is 0 Å². The lowest BCUT2D eigenvalue weighted by molar-refractivity contribution is -0.132. The van der Waals surface area contributed by atoms with Crippen molar-refractivity contribution >= 4 is 17.9 Å². The van der Waals surface area contributed by atoms with Gasteiger partial charge in [0.1, 0.15) is 0 Å². The fourth-order valence-corrected chi connectivity index (χ4v) is 3.94. The van der Waals surface area contributed by atoms with Crippen LogP contribution in [0.1, 0.15) is 57.7 Å². The molecule has 0 fully saturated rings. The third kappa shape index (κ3) is 3.10. The summed E-state index contributed by atoms with van der Waals surface area (Å²) in [6.07, 6.45) is 5.95. The maximum atomic E-state index is 13.1. The zero-order valence-corrected chi connectivity index (χ0v) is 16.2. The topological polar surface area (TPSA) is 58.7 Å². The van der Waals surface area contributed by atoms with Gasteiger partial charge in [-0.05, 0) is 46.4 Å². The summed E-state index contributed by atoms with van der Waals surface area (Å²) < 4.78 is 0. The second-order valence-corrected chi connectivity index (χ2v) is 9.33. The van der Waals surface area contributed by atoms with Gasteiger partial charge in [0.2, 0.25) is 0 Å². The molecule has 0 saturated carbocycles. The molecular formula is C21H29N3O. The fourth-order valence-electron chi connectivity index (χ4n) is 3.94. The molecule has 2 N–H and O–H groups in total. The van der Waals surface area contributed by atoms with Crippen LogP contribution in [0.3, 0.4) is 0 Å². The molecule has 3 rings (SSSR count). The van der Waals surface area contributed by atoms with E-state index in [1.54, 1.807) is 7.05 Å². The minimum absolute atomic E-state index is 0.000383. The highest BCUT2D eigenvalue weighted by atomic mass is 16.2. The quantitative estimate of drug-likeness (QED) is 0.848. The van der Waals surface area contributed by atoms with Crippen molar-refractivity contribution in [1.29, 1.82) is 0 Å². The van der Waals surface area contributed by atoms with E-state index in [1.165, 1.54) is 10.5 Å². The SMILES string of the molecule is CN1C(=O)C2(CC(C)(C)Cc3ccc(/C=C/C(C)(C)C)cc32)N=C1N. The van der Waals surface area contributed by atoms with Crippen LogP contribution in [0.5, 0.6) is 0 Å². The summed E-state index contributed by atoms with van der Waals surface area (Å²) in [4.78, 5) is 19.2. The molecule has 1 aromatic carbocycles. The van der Waals surface area contributed by atoms with E-state index in [9.17, 15) is 4.79 Å². The van der Waals surface area contributed by atoms with Gasteiger partial charge in [0.15, 0.2) is 11.5 Å². The van der Waals surface area contributed by atoms with Crippen molar-refractivity contribution in [3.63, 3.8) is 0 Å². The molecule has 1 unspecified atom stereocenters. The second-order valence-electron chi connectivity index (χ2n) is 9.33. The van der Waals surface area contributed by atoms with E-state index >= 15 is 0 Å². The summed E-state index contributed by atoms with van der Waals surface area (Å²) in [5, 5.41) is 0. The molecule has 0 radical (unpaired) electrons. The third-order valence-corrected chi connectivity index (χ3v) is 5.07. The lowest BCUT2D eigenvalue weighted by atomic mass is 9.65. The Balaban J connectivity index is 2.15. The van der Waals surface area contributed by atoms with Crippen LogP contribution in [0.15, 0.2) is 29.3 Å². The monoisotopic (exact) mass is 339 g/mol. The van der Waals surface area contributed by atoms with Crippen LogP contribution < -0.4 is 5.73 Å². The molecule has 1 aliphatic heterocycles. The number of nitrogens with zero attached hydrogens (tertiary/aromatic N) is 2. The summed E-state index contributed by atoms with van der Waals surface area (Å²) in [6, 6.07) is 6.41. The largest absolute Gasteiger partial charge is 0.369 e. The van der Waals surface area contributed by atoms with Crippen LogP contribution in [0.2, 0.25) is 0 Å². The summed E-state index contributed by atoms with van der Waals surface area (Å²) in [5.74, 6) is 0.292. The number of guanidine groups is 1. The number of hydrogen-bond donors (Lipinski definition) is 1. The number of rotatable bonds is 1. The van der Waals surface area contributed by atoms with Gasteiger partial charge in [-0.3, -0.25) is 9.69 Å². The number of carbonyl (C=O) groups excluding carboxylic acids is 1. The molecule has 1 aromatic rings. The zero-order chi connectivity index (χ0) is 18.6. The Bertz CT molecular complexity index is 783. The Morgan fingerprint density at radius 1 is 1.28 bits per heavy atom. The van der Waals surface area contributed by atoms with Crippen LogP contribution in [-0.2, 0) is 16.8 Å². The maximum Gasteiger partial charge on any atom is 0.261 e. The van der Waals surface area contributed by atoms with Crippen molar-refractivity contribution in [3.8, 4) is 0 Å². The van der Waals surface area contributed by atoms with Crippen LogP contribution in [0.25, 0.3) is 6.08 Å². The van der Waals surface area contributed by atoms with Gasteiger partial charge in [-0.25, -0.2) is 4.99 Å². The number of likely N-dealkylation sites (N-methyl/N-ethyl adjacent to an activating group) is 1. The standard InChI is InChI=1S/C21H29N3O/c1-19(2,3)10-9-14-7-8-15-12-20(4,5)13-21(16(15)11-14)17(25)24(6)18(22)23-21/h7-11H,12-13H2,1-6H3,(H2,22,23)/b10-9+. The Hall–Kier alpha value is -2.10. The first-order chi connectivity index (χ1) is 11.4. The minimum atomic E-state index is -0.874. The molecule has 0 bridgehead atoms. The molecule has 1 spiro atoms. The number of benzene rings is 1. The Morgan fingerprint density at radius 2 is 1.96 bits per heavy atom. The first kappa shape index (κ1) is 17.7. The van der Waals surface area contributed by atoms with Gasteiger partial charge in [-0.15, -0.1) is 0 Å². The first-order valence-electron chi connectivity index (χ1n) is 8.90. The predicted molar refractivity (Wildman–Crippen MR) is 103 cm³/mol. The van der Waals surface area contributed by atoms with Gasteiger partial charge < -0.3 is 5.73 Å². The Kier molecular flexibility index (Phi) is 3.86. The van der Waals surface area contributed by atoms with E-state index in [0.717, 1.165) is 17.5 Å². The van der Waals surface area contributed by atoms with Crippen LogP contribution in [0.4, 0.5) is 0 Å². The molecule has 25 heavy (non-hydrogen) atoms. The van der Waals surface area contributed by atoms with Gasteiger partial charge in [0.25, 0.3) is 5.91 Å². The Morgan fingerprint density at radius 3 is 2.52 bits per heavy atom. The van der Waals surface area contributed by atoms with Crippen LogP contribution in [-0.4, -0.2) is 23.8 Å². The lowest BCUT2D eigenvalue weighted by Gasteiger charge is -2.41. The molecule has 0 saturated heterocycles. The molecule has 2 aliphatic rings. The highest BCUT2D eigenvalue weighted by Gasteiger charge is 2.54. The van der Waals surface area contributed by atoms with E-state index in [0.29, 0.717) is 12.4 Å². The molecule has 134 valence electrons. The maximum absolute atomic E-state index is 13.1. The number of hydrogen-bond acceptors (Lipinski definition) is 3. The summed E-state index contributed by atoms with van der Waals surface area (Å²) in [5.41, 5.74) is 8.57. The Labute approximate surface area is 150 Å². The van der Waals surface area contributed by atoms with Crippen molar-refractivity contribution in [2.45, 2.75) is 53.0 Å². The van der Waals surface area contributed by atoms with E-state index in [-0.39, 0.29) is 16.7 Å². The molecule has 1 heterocycles. The molecular weight excluding hydrogens is 310 g/mol. The van der Waals surface area contributed by atoms with Gasteiger partial charge in [0.05, 0.1) is 0 Å². The van der Waals surface area contributed by atoms with Gasteiger partial charge >= 0.3 is 0 Å². The van der Waals surface area contributed by atoms with Crippen LogP contribution in [0, 0.1) is 10.8 Å². The summed E-state index contributed by atoms with van der Waals surface area (Å²) >= 11 is 0. The first-order valence-corrected chi connectivity index (χ1v) is 8.90. The lowest BCUT2D eigenvalue weighted by Crippen LogP contribution is -2.46. The van der Waals surface area contributed by atoms with Crippen molar-refractivity contribution in [2.24, 2.45) is 21.6 Å². The van der Waals surface area contributed by atoms with Crippen LogP contribution >= 0.6 is 0 Å². The van der Waals surface area contributed by atoms with E-state index < -0.39 is 5.54 Å². The summed E-state index contributed by atoms with van der Waals surface area (Å²) in [7, 11) is 1.71. The summed E-state index contributed by atoms with van der Waals surface area (Å²) in [6.45, 7) is 10.9. The number of allylic oxidation sites excluding steroid dienone is 1. The zero-order valence-electron chi connectivity index (χ0n) is 16.2. The molecule has 1 amide bonds. The highest BCUT2D eigenvalue weighted by Crippen LogP contribution is 2.49. The van der Waals surface area contributed by atoms with Crippen molar-refractivity contribution in [2.75, 3.05) is 7.05 Å². The smallest absolute Gasteiger partial charge is 0.261 e. The minimum Gasteiger partial charge on any atom is -0.369 e. The van der Waals surface area contributed by atoms with Crippen molar-refractivity contribution < 1.29 is 4.79 Å². The number of carbonyl (C=O) groups is 1. The molecule has 1 atom stereocenters. The van der Waals surface area contributed by atoms with Crippen molar-refractivity contribution in [3.05, 3.63) is 41.0 Å². The molecule has 4 nitrogen and oxygen atoms in total. The predicted octanol–water partition coefficient (Wildman–Crippen LogP) is 3.70. The molecule has 4 heteroatoms. The average Bonchev–Trinajstić information content (AvgIpc) is 2.68.